The molecule has 13 heteroatoms. The monoisotopic (exact) mass is 589 g/mol. The van der Waals surface area contributed by atoms with Crippen molar-refractivity contribution in [1.82, 2.24) is 14.8 Å². The van der Waals surface area contributed by atoms with Gasteiger partial charge >= 0.3 is 12.1 Å². The van der Waals surface area contributed by atoms with E-state index in [0.29, 0.717) is 71.4 Å². The number of likely N-dealkylation sites (N-methyl/N-ethyl adjacent to an activating group) is 1. The maximum absolute atomic E-state index is 14.0. The topological polar surface area (TPSA) is 151 Å². The number of hydrogen-bond acceptors (Lipinski definition) is 9. The Bertz CT molecular complexity index is 1800. The molecule has 1 unspecified atom stereocenters. The number of H-pyrrole nitrogens is 1. The summed E-state index contributed by atoms with van der Waals surface area (Å²) >= 11 is 0. The van der Waals surface area contributed by atoms with Crippen molar-refractivity contribution in [1.29, 1.82) is 0 Å². The maximum atomic E-state index is 14.0. The molecule has 2 aliphatic rings. The molecule has 1 atom stereocenters. The van der Waals surface area contributed by atoms with Crippen LogP contribution in [0, 0.1) is 17.0 Å². The number of carbonyl (C=O) groups excluding carboxylic acids is 3. The number of nitro groups is 1. The number of benzene rings is 2. The number of aromatic amines is 1. The number of aryl methyl sites for hydroxylation is 1. The molecular weight excluding hydrogens is 558 g/mol. The third-order valence-electron chi connectivity index (χ3n) is 8.36. The van der Waals surface area contributed by atoms with Gasteiger partial charge in [0.15, 0.2) is 11.5 Å². The van der Waals surface area contributed by atoms with E-state index in [0.717, 1.165) is 5.56 Å². The summed E-state index contributed by atoms with van der Waals surface area (Å²) in [7, 11) is 3.29. The molecule has 4 aromatic rings. The minimum Gasteiger partial charge on any atom is -0.465 e. The van der Waals surface area contributed by atoms with Gasteiger partial charge in [-0.1, -0.05) is 6.92 Å². The lowest BCUT2D eigenvalue weighted by Gasteiger charge is -2.31. The Labute approximate surface area is 246 Å². The average Bonchev–Trinajstić information content (AvgIpc) is 3.69. The summed E-state index contributed by atoms with van der Waals surface area (Å²) in [5.41, 5.74) is 2.82. The molecule has 0 radical (unpaired) electrons. The van der Waals surface area contributed by atoms with E-state index in [-0.39, 0.29) is 29.7 Å². The Morgan fingerprint density at radius 2 is 1.88 bits per heavy atom. The molecule has 2 amide bonds. The number of ether oxygens (including phenoxy) is 2. The van der Waals surface area contributed by atoms with E-state index in [4.69, 9.17) is 13.9 Å². The summed E-state index contributed by atoms with van der Waals surface area (Å²) in [4.78, 5) is 59.5. The number of esters is 1. The summed E-state index contributed by atoms with van der Waals surface area (Å²) in [6.45, 7) is 6.47. The fourth-order valence-electron chi connectivity index (χ4n) is 6.02. The van der Waals surface area contributed by atoms with Crippen LogP contribution in [0.3, 0.4) is 0 Å². The van der Waals surface area contributed by atoms with E-state index >= 15 is 0 Å². The van der Waals surface area contributed by atoms with Crippen molar-refractivity contribution < 1.29 is 33.2 Å². The molecule has 2 aromatic heterocycles. The molecule has 0 saturated carbocycles. The van der Waals surface area contributed by atoms with Crippen molar-refractivity contribution >= 4 is 51.2 Å². The molecule has 6 rings (SSSR count). The van der Waals surface area contributed by atoms with Gasteiger partial charge in [0.05, 0.1) is 28.8 Å². The first-order valence-corrected chi connectivity index (χ1v) is 14.0. The molecule has 1 saturated heterocycles. The Hall–Kier alpha value is -4.91. The van der Waals surface area contributed by atoms with E-state index < -0.39 is 22.9 Å². The van der Waals surface area contributed by atoms with E-state index in [9.17, 15) is 24.5 Å². The minimum atomic E-state index is -0.549. The molecular formula is C30H31N5O8. The number of aromatic nitrogens is 1. The predicted octanol–water partition coefficient (Wildman–Crippen LogP) is 4.82. The van der Waals surface area contributed by atoms with Crippen LogP contribution in [0.2, 0.25) is 0 Å². The highest BCUT2D eigenvalue weighted by Gasteiger charge is 2.39. The number of carbonyl (C=O) groups is 3. The molecule has 0 spiro atoms. The highest BCUT2D eigenvalue weighted by atomic mass is 16.6. The number of rotatable bonds is 5. The Morgan fingerprint density at radius 1 is 1.14 bits per heavy atom. The number of amides is 2. The Morgan fingerprint density at radius 3 is 2.56 bits per heavy atom. The first-order chi connectivity index (χ1) is 20.6. The van der Waals surface area contributed by atoms with Gasteiger partial charge in [0.1, 0.15) is 5.58 Å². The normalized spacial score (nSPS) is 17.0. The van der Waals surface area contributed by atoms with Crippen LogP contribution in [0.15, 0.2) is 34.7 Å². The zero-order chi connectivity index (χ0) is 30.6. The molecule has 2 aromatic carbocycles. The van der Waals surface area contributed by atoms with Gasteiger partial charge in [-0.25, -0.2) is 9.59 Å². The van der Waals surface area contributed by atoms with Gasteiger partial charge in [0.2, 0.25) is 0 Å². The lowest BCUT2D eigenvalue weighted by Crippen LogP contribution is -2.48. The van der Waals surface area contributed by atoms with Crippen LogP contribution in [0.5, 0.6) is 5.75 Å². The van der Waals surface area contributed by atoms with Gasteiger partial charge in [0.25, 0.3) is 11.6 Å². The largest absolute Gasteiger partial charge is 0.465 e. The second kappa shape index (κ2) is 10.7. The number of anilines is 1. The smallest absolute Gasteiger partial charge is 0.415 e. The summed E-state index contributed by atoms with van der Waals surface area (Å²) < 4.78 is 16.9. The molecule has 0 aliphatic carbocycles. The van der Waals surface area contributed by atoms with Crippen LogP contribution in [0.25, 0.3) is 21.9 Å². The fourth-order valence-corrected chi connectivity index (χ4v) is 6.02. The lowest BCUT2D eigenvalue weighted by atomic mass is 9.93. The van der Waals surface area contributed by atoms with Crippen molar-refractivity contribution in [2.75, 3.05) is 51.8 Å². The van der Waals surface area contributed by atoms with Crippen molar-refractivity contribution in [2.24, 2.45) is 0 Å². The number of nitrogens with zero attached hydrogens (tertiary/aromatic N) is 4. The number of fused-ring (bicyclic) bond motifs is 4. The average molecular weight is 590 g/mol. The first-order valence-electron chi connectivity index (χ1n) is 14.0. The zero-order valence-corrected chi connectivity index (χ0v) is 24.3. The molecule has 2 aliphatic heterocycles. The molecule has 1 N–H and O–H groups in total. The first kappa shape index (κ1) is 28.2. The van der Waals surface area contributed by atoms with Crippen molar-refractivity contribution in [2.45, 2.75) is 26.2 Å². The van der Waals surface area contributed by atoms with E-state index in [1.54, 1.807) is 22.8 Å². The van der Waals surface area contributed by atoms with Crippen LogP contribution in [0.4, 0.5) is 16.2 Å². The Kier molecular flexibility index (Phi) is 7.04. The quantitative estimate of drug-likeness (QED) is 0.196. The fraction of sp³-hybridized carbons (Fsp3) is 0.367. The highest BCUT2D eigenvalue weighted by Crippen LogP contribution is 2.48. The van der Waals surface area contributed by atoms with Crippen LogP contribution in [-0.2, 0) is 4.74 Å². The molecule has 4 heterocycles. The molecule has 1 fully saturated rings. The third kappa shape index (κ3) is 4.75. The van der Waals surface area contributed by atoms with Crippen molar-refractivity contribution in [3.05, 3.63) is 63.0 Å². The second-order valence-electron chi connectivity index (χ2n) is 10.9. The van der Waals surface area contributed by atoms with Gasteiger partial charge < -0.3 is 33.6 Å². The van der Waals surface area contributed by atoms with Crippen molar-refractivity contribution in [3.8, 4) is 5.75 Å². The number of nitro benzene ring substituents is 1. The summed E-state index contributed by atoms with van der Waals surface area (Å²) in [6, 6.07) is 7.27. The van der Waals surface area contributed by atoms with Crippen LogP contribution in [0.1, 0.15) is 51.4 Å². The number of piperazine rings is 1. The van der Waals surface area contributed by atoms with Crippen molar-refractivity contribution in [3.63, 3.8) is 0 Å². The number of non-ortho nitro benzene ring substituents is 1. The summed E-state index contributed by atoms with van der Waals surface area (Å²) in [5, 5.41) is 12.2. The van der Waals surface area contributed by atoms with Crippen LogP contribution in [-0.4, -0.2) is 84.6 Å². The maximum Gasteiger partial charge on any atom is 0.415 e. The van der Waals surface area contributed by atoms with Gasteiger partial charge in [-0.2, -0.15) is 0 Å². The summed E-state index contributed by atoms with van der Waals surface area (Å²) in [5.74, 6) is -0.961. The van der Waals surface area contributed by atoms with Gasteiger partial charge in [-0.3, -0.25) is 14.9 Å². The number of methoxy groups -OCH3 is 1. The molecule has 224 valence electrons. The standard InChI is InChI=1S/C30H31N5O8/c1-5-17-15-34(28(36)23-13-18-12-19(35(39)40)6-7-21(18)42-23)20-14-22(43-30(38)33-10-8-32(3)9-11-33)27-26(25(17)20)24(16(2)31-27)29(37)41-4/h6-7,12-14,17,31H,5,8-11,15H2,1-4H3. The van der Waals surface area contributed by atoms with Crippen LogP contribution >= 0.6 is 0 Å². The lowest BCUT2D eigenvalue weighted by molar-refractivity contribution is -0.384. The van der Waals surface area contributed by atoms with Crippen LogP contribution < -0.4 is 9.64 Å². The number of hydrogen-bond donors (Lipinski definition) is 1. The minimum absolute atomic E-state index is 0.00715. The summed E-state index contributed by atoms with van der Waals surface area (Å²) in [6.07, 6.45) is 0.131. The SMILES string of the molecule is CCC1CN(C(=O)c2cc3cc([N+](=O)[O-])ccc3o2)c2cc(OC(=O)N3CCN(C)CC3)c3[nH]c(C)c(C(=O)OC)c3c21. The van der Waals surface area contributed by atoms with Gasteiger partial charge in [-0.05, 0) is 38.1 Å². The van der Waals surface area contributed by atoms with E-state index in [1.807, 2.05) is 14.0 Å². The zero-order valence-electron chi connectivity index (χ0n) is 24.3. The second-order valence-corrected chi connectivity index (χ2v) is 10.9. The highest BCUT2D eigenvalue weighted by molar-refractivity contribution is 6.14. The third-order valence-corrected chi connectivity index (χ3v) is 8.36. The Balaban J connectivity index is 1.47. The van der Waals surface area contributed by atoms with Gasteiger partial charge in [-0.15, -0.1) is 0 Å². The predicted molar refractivity (Wildman–Crippen MR) is 157 cm³/mol. The molecule has 0 bridgehead atoms. The van der Waals surface area contributed by atoms with E-state index in [2.05, 4.69) is 9.88 Å². The van der Waals surface area contributed by atoms with E-state index in [1.165, 1.54) is 31.4 Å². The molecule has 43 heavy (non-hydrogen) atoms. The number of furan rings is 1. The van der Waals surface area contributed by atoms with Gasteiger partial charge in [0, 0.05) is 73.3 Å². The molecule has 13 nitrogen and oxygen atoms in total. The number of nitrogens with one attached hydrogen (secondary N) is 1.